The second-order valence-electron chi connectivity index (χ2n) is 5.11. The van der Waals surface area contributed by atoms with Crippen molar-refractivity contribution in [1.29, 1.82) is 0 Å². The van der Waals surface area contributed by atoms with E-state index >= 15 is 0 Å². The molecular formula is C14H20ClFN2O. The largest absolute Gasteiger partial charge is 0.373 e. The molecule has 0 bridgehead atoms. The van der Waals surface area contributed by atoms with Crippen molar-refractivity contribution in [3.63, 3.8) is 0 Å². The first-order valence-corrected chi connectivity index (χ1v) is 6.94. The zero-order valence-corrected chi connectivity index (χ0v) is 12.0. The monoisotopic (exact) mass is 286 g/mol. The molecule has 0 amide bonds. The molecular weight excluding hydrogens is 267 g/mol. The van der Waals surface area contributed by atoms with Gasteiger partial charge < -0.3 is 10.5 Å². The molecule has 2 rings (SSSR count). The molecule has 1 saturated heterocycles. The van der Waals surface area contributed by atoms with Crippen LogP contribution in [0.5, 0.6) is 0 Å². The number of morpholine rings is 1. The van der Waals surface area contributed by atoms with E-state index in [0.29, 0.717) is 12.1 Å². The minimum atomic E-state index is -0.369. The zero-order chi connectivity index (χ0) is 14.0. The van der Waals surface area contributed by atoms with Crippen molar-refractivity contribution in [2.24, 2.45) is 5.73 Å². The molecule has 0 saturated carbocycles. The lowest BCUT2D eigenvalue weighted by Crippen LogP contribution is -2.48. The fraction of sp³-hybridized carbons (Fsp3) is 0.571. The normalized spacial score (nSPS) is 26.4. The van der Waals surface area contributed by atoms with Gasteiger partial charge in [0.05, 0.1) is 23.3 Å². The number of rotatable bonds is 3. The molecule has 0 radical (unpaired) electrons. The maximum atomic E-state index is 14.1. The molecule has 1 fully saturated rings. The molecule has 1 aliphatic rings. The fourth-order valence-corrected chi connectivity index (χ4v) is 2.90. The van der Waals surface area contributed by atoms with Gasteiger partial charge in [0.2, 0.25) is 0 Å². The molecule has 3 atom stereocenters. The molecule has 5 heteroatoms. The van der Waals surface area contributed by atoms with Crippen LogP contribution in [-0.4, -0.2) is 36.7 Å². The first-order chi connectivity index (χ1) is 9.02. The van der Waals surface area contributed by atoms with Crippen LogP contribution in [0.4, 0.5) is 4.39 Å². The van der Waals surface area contributed by atoms with Gasteiger partial charge in [-0.2, -0.15) is 0 Å². The highest BCUT2D eigenvalue weighted by Gasteiger charge is 2.29. The van der Waals surface area contributed by atoms with Gasteiger partial charge in [-0.05, 0) is 19.9 Å². The molecule has 1 aromatic rings. The van der Waals surface area contributed by atoms with Crippen molar-refractivity contribution in [3.05, 3.63) is 34.6 Å². The predicted molar refractivity (Wildman–Crippen MR) is 74.8 cm³/mol. The second-order valence-corrected chi connectivity index (χ2v) is 5.51. The zero-order valence-electron chi connectivity index (χ0n) is 11.3. The van der Waals surface area contributed by atoms with Crippen molar-refractivity contribution in [2.45, 2.75) is 32.1 Å². The Hall–Kier alpha value is -0.680. The van der Waals surface area contributed by atoms with E-state index < -0.39 is 0 Å². The van der Waals surface area contributed by atoms with Gasteiger partial charge in [0.15, 0.2) is 0 Å². The topological polar surface area (TPSA) is 38.5 Å². The third-order valence-electron chi connectivity index (χ3n) is 3.45. The quantitative estimate of drug-likeness (QED) is 0.928. The standard InChI is InChI=1S/C14H20ClFN2O/c1-9-7-18(8-10(2)19-9)13(6-17)11-4-3-5-12(15)14(11)16/h3-5,9-10,13H,6-8,17H2,1-2H3. The molecule has 0 aliphatic carbocycles. The van der Waals surface area contributed by atoms with Crippen LogP contribution in [0.3, 0.4) is 0 Å². The Bertz CT molecular complexity index is 433. The highest BCUT2D eigenvalue weighted by atomic mass is 35.5. The SMILES string of the molecule is CC1CN(C(CN)c2cccc(Cl)c2F)CC(C)O1. The van der Waals surface area contributed by atoms with E-state index in [9.17, 15) is 4.39 Å². The average molecular weight is 287 g/mol. The van der Waals surface area contributed by atoms with Crippen LogP contribution in [0.2, 0.25) is 5.02 Å². The lowest BCUT2D eigenvalue weighted by molar-refractivity contribution is -0.0802. The van der Waals surface area contributed by atoms with Crippen LogP contribution in [0, 0.1) is 5.82 Å². The van der Waals surface area contributed by atoms with Gasteiger partial charge in [-0.25, -0.2) is 4.39 Å². The summed E-state index contributed by atoms with van der Waals surface area (Å²) < 4.78 is 19.8. The van der Waals surface area contributed by atoms with Crippen molar-refractivity contribution >= 4 is 11.6 Å². The predicted octanol–water partition coefficient (Wildman–Crippen LogP) is 2.59. The number of hydrogen-bond acceptors (Lipinski definition) is 3. The van der Waals surface area contributed by atoms with Gasteiger partial charge in [-0.1, -0.05) is 23.7 Å². The molecule has 19 heavy (non-hydrogen) atoms. The summed E-state index contributed by atoms with van der Waals surface area (Å²) in [5, 5.41) is 0.144. The summed E-state index contributed by atoms with van der Waals surface area (Å²) >= 11 is 5.85. The van der Waals surface area contributed by atoms with E-state index in [2.05, 4.69) is 4.90 Å². The summed E-state index contributed by atoms with van der Waals surface area (Å²) in [4.78, 5) is 2.17. The van der Waals surface area contributed by atoms with E-state index in [4.69, 9.17) is 22.1 Å². The maximum absolute atomic E-state index is 14.1. The number of hydrogen-bond donors (Lipinski definition) is 1. The van der Waals surface area contributed by atoms with Gasteiger partial charge in [0.1, 0.15) is 5.82 Å². The third kappa shape index (κ3) is 3.26. The Morgan fingerprint density at radius 3 is 2.63 bits per heavy atom. The van der Waals surface area contributed by atoms with Gasteiger partial charge in [0.25, 0.3) is 0 Å². The van der Waals surface area contributed by atoms with Crippen LogP contribution >= 0.6 is 11.6 Å². The molecule has 3 nitrogen and oxygen atoms in total. The van der Waals surface area contributed by atoms with Crippen molar-refractivity contribution < 1.29 is 9.13 Å². The Labute approximate surface area is 118 Å². The molecule has 0 spiro atoms. The first kappa shape index (κ1) is 14.7. The molecule has 106 valence electrons. The molecule has 1 aromatic carbocycles. The summed E-state index contributed by atoms with van der Waals surface area (Å²) in [6, 6.07) is 4.91. The summed E-state index contributed by atoms with van der Waals surface area (Å²) in [6.07, 6.45) is 0.250. The summed E-state index contributed by atoms with van der Waals surface area (Å²) in [7, 11) is 0. The second kappa shape index (κ2) is 6.18. The van der Waals surface area contributed by atoms with Crippen LogP contribution in [0.25, 0.3) is 0 Å². The Kier molecular flexibility index (Phi) is 4.79. The lowest BCUT2D eigenvalue weighted by Gasteiger charge is -2.40. The Morgan fingerprint density at radius 2 is 2.05 bits per heavy atom. The van der Waals surface area contributed by atoms with E-state index in [0.717, 1.165) is 13.1 Å². The number of ether oxygens (including phenoxy) is 1. The van der Waals surface area contributed by atoms with Crippen LogP contribution in [0.1, 0.15) is 25.5 Å². The highest BCUT2D eigenvalue weighted by molar-refractivity contribution is 6.30. The summed E-state index contributed by atoms with van der Waals surface area (Å²) in [6.45, 7) is 5.89. The minimum Gasteiger partial charge on any atom is -0.373 e. The number of benzene rings is 1. The van der Waals surface area contributed by atoms with Crippen LogP contribution in [0.15, 0.2) is 18.2 Å². The van der Waals surface area contributed by atoms with Gasteiger partial charge in [-0.3, -0.25) is 4.90 Å². The molecule has 2 N–H and O–H groups in total. The van der Waals surface area contributed by atoms with Crippen molar-refractivity contribution in [3.8, 4) is 0 Å². The molecule has 3 unspecified atom stereocenters. The van der Waals surface area contributed by atoms with Gasteiger partial charge in [-0.15, -0.1) is 0 Å². The highest BCUT2D eigenvalue weighted by Crippen LogP contribution is 2.29. The molecule has 1 aliphatic heterocycles. The number of halogens is 2. The Balaban J connectivity index is 2.26. The number of nitrogens with zero attached hydrogens (tertiary/aromatic N) is 1. The third-order valence-corrected chi connectivity index (χ3v) is 3.74. The molecule has 1 heterocycles. The van der Waals surface area contributed by atoms with Crippen molar-refractivity contribution in [2.75, 3.05) is 19.6 Å². The summed E-state index contributed by atoms with van der Waals surface area (Å²) in [5.41, 5.74) is 6.42. The fourth-order valence-electron chi connectivity index (χ4n) is 2.72. The van der Waals surface area contributed by atoms with Crippen LogP contribution in [-0.2, 0) is 4.74 Å². The Morgan fingerprint density at radius 1 is 1.42 bits per heavy atom. The van der Waals surface area contributed by atoms with E-state index in [1.54, 1.807) is 18.2 Å². The van der Waals surface area contributed by atoms with Gasteiger partial charge >= 0.3 is 0 Å². The smallest absolute Gasteiger partial charge is 0.146 e. The number of nitrogens with two attached hydrogens (primary N) is 1. The first-order valence-electron chi connectivity index (χ1n) is 6.56. The van der Waals surface area contributed by atoms with E-state index in [1.807, 2.05) is 13.8 Å². The summed E-state index contributed by atoms with van der Waals surface area (Å²) in [5.74, 6) is -0.369. The van der Waals surface area contributed by atoms with E-state index in [1.165, 1.54) is 0 Å². The average Bonchev–Trinajstić information content (AvgIpc) is 2.34. The maximum Gasteiger partial charge on any atom is 0.146 e. The van der Waals surface area contributed by atoms with Crippen molar-refractivity contribution in [1.82, 2.24) is 4.90 Å². The van der Waals surface area contributed by atoms with E-state index in [-0.39, 0.29) is 29.1 Å². The van der Waals surface area contributed by atoms with Crippen LogP contribution < -0.4 is 5.73 Å². The minimum absolute atomic E-state index is 0.125. The lowest BCUT2D eigenvalue weighted by atomic mass is 10.0. The van der Waals surface area contributed by atoms with Gasteiger partial charge in [0, 0.05) is 25.2 Å². The molecule has 0 aromatic heterocycles.